The molecule has 20 heteroatoms. The van der Waals surface area contributed by atoms with Crippen molar-refractivity contribution in [3.05, 3.63) is 88.2 Å². The second kappa shape index (κ2) is 20.4. The third-order valence-electron chi connectivity index (χ3n) is 14.6. The van der Waals surface area contributed by atoms with Crippen LogP contribution in [0.1, 0.15) is 68.2 Å². The van der Waals surface area contributed by atoms with Crippen LogP contribution >= 0.6 is 23.1 Å². The molecule has 3 N–H and O–H groups in total. The van der Waals surface area contributed by atoms with Crippen LogP contribution in [0.5, 0.6) is 5.75 Å². The number of aryl methyl sites for hydroxylation is 1. The molecule has 5 heterocycles. The Morgan fingerprint density at radius 1 is 0.930 bits per heavy atom. The molecule has 0 spiro atoms. The highest BCUT2D eigenvalue weighted by Crippen LogP contribution is 2.43. The Labute approximate surface area is 419 Å². The number of anilines is 6. The monoisotopic (exact) mass is 1060 g/mol. The van der Waals surface area contributed by atoms with Gasteiger partial charge in [0.15, 0.2) is 0 Å². The van der Waals surface area contributed by atoms with Crippen LogP contribution in [0.2, 0.25) is 0 Å². The fraction of sp³-hybridized carbons (Fsp3) is 0.451. The number of carbonyl (C=O) groups excluding carboxylic acids is 3. The topological polar surface area (TPSA) is 165 Å². The molecule has 3 aliphatic heterocycles. The van der Waals surface area contributed by atoms with Gasteiger partial charge in [-0.1, -0.05) is 19.1 Å². The van der Waals surface area contributed by atoms with Gasteiger partial charge in [0.25, 0.3) is 0 Å². The molecule has 1 atom stereocenters. The van der Waals surface area contributed by atoms with E-state index >= 15 is 0 Å². The molecular formula is C51H59BrF3N10O5P. The van der Waals surface area contributed by atoms with Gasteiger partial charge >= 0.3 is 6.18 Å². The van der Waals surface area contributed by atoms with Crippen molar-refractivity contribution in [3.63, 3.8) is 0 Å². The Morgan fingerprint density at radius 2 is 1.65 bits per heavy atom. The Balaban J connectivity index is 0.781. The molecule has 4 aliphatic rings. The van der Waals surface area contributed by atoms with Gasteiger partial charge in [-0.25, -0.2) is 9.97 Å². The highest BCUT2D eigenvalue weighted by molar-refractivity contribution is 9.10. The SMILES string of the molecule is CCc1cc(Nc2ncc(Br)c(Nc3ccc4nc(C(F)(F)F)ccc4c3P(C)(C)=O)n2)c(OC)cc1N1CCC(N2CCN(C(=O)[C@H]3C[C@H](N(C)c4ccc(C5CCC(=O)NC5=O)cc4)C3)CC2)CC1. The molecule has 1 saturated carbocycles. The average Bonchev–Trinajstić information content (AvgIpc) is 3.33. The number of fused-ring (bicyclic) bond motifs is 1. The third-order valence-corrected chi connectivity index (χ3v) is 16.7. The number of imide groups is 1. The number of pyridine rings is 1. The van der Waals surface area contributed by atoms with E-state index in [0.29, 0.717) is 57.0 Å². The molecule has 0 radical (unpaired) electrons. The summed E-state index contributed by atoms with van der Waals surface area (Å²) < 4.78 is 60.5. The summed E-state index contributed by atoms with van der Waals surface area (Å²) in [6.07, 6.45) is 2.26. The highest BCUT2D eigenvalue weighted by atomic mass is 79.9. The number of benzene rings is 3. The minimum Gasteiger partial charge on any atom is -0.494 e. The maximum Gasteiger partial charge on any atom is 0.433 e. The number of ether oxygens (including phenoxy) is 1. The van der Waals surface area contributed by atoms with Gasteiger partial charge in [0.05, 0.1) is 34.4 Å². The lowest BCUT2D eigenvalue weighted by molar-refractivity contribution is -0.141. The van der Waals surface area contributed by atoms with Gasteiger partial charge in [-0.3, -0.25) is 24.6 Å². The van der Waals surface area contributed by atoms with Crippen LogP contribution in [-0.4, -0.2) is 121 Å². The first-order valence-electron chi connectivity index (χ1n) is 24.2. The first-order chi connectivity index (χ1) is 33.9. The lowest BCUT2D eigenvalue weighted by atomic mass is 9.78. The fourth-order valence-corrected chi connectivity index (χ4v) is 12.3. The summed E-state index contributed by atoms with van der Waals surface area (Å²) in [4.78, 5) is 59.9. The normalized spacial score (nSPS) is 20.4. The van der Waals surface area contributed by atoms with Gasteiger partial charge in [0, 0.05) is 105 Å². The molecule has 1 unspecified atom stereocenters. The molecule has 376 valence electrons. The van der Waals surface area contributed by atoms with Gasteiger partial charge in [0.1, 0.15) is 24.4 Å². The molecule has 3 saturated heterocycles. The van der Waals surface area contributed by atoms with E-state index in [0.717, 1.165) is 99.9 Å². The molecule has 0 bridgehead atoms. The quantitative estimate of drug-likeness (QED) is 0.0759. The second-order valence-corrected chi connectivity index (χ2v) is 23.4. The van der Waals surface area contributed by atoms with Gasteiger partial charge < -0.3 is 34.6 Å². The first-order valence-corrected chi connectivity index (χ1v) is 27.6. The summed E-state index contributed by atoms with van der Waals surface area (Å²) >= 11 is 3.52. The van der Waals surface area contributed by atoms with Gasteiger partial charge in [-0.15, -0.1) is 0 Å². The van der Waals surface area contributed by atoms with Crippen molar-refractivity contribution in [1.82, 2.24) is 30.1 Å². The number of halogens is 4. The summed E-state index contributed by atoms with van der Waals surface area (Å²) in [7, 11) is 0.634. The predicted octanol–water partition coefficient (Wildman–Crippen LogP) is 8.66. The van der Waals surface area contributed by atoms with Crippen LogP contribution in [0.3, 0.4) is 0 Å². The Morgan fingerprint density at radius 3 is 2.30 bits per heavy atom. The molecule has 9 rings (SSSR count). The first kappa shape index (κ1) is 50.2. The summed E-state index contributed by atoms with van der Waals surface area (Å²) in [6, 6.07) is 18.1. The van der Waals surface area contributed by atoms with Crippen molar-refractivity contribution in [3.8, 4) is 5.75 Å². The van der Waals surface area contributed by atoms with E-state index in [-0.39, 0.29) is 47.1 Å². The molecule has 4 fully saturated rings. The second-order valence-electron chi connectivity index (χ2n) is 19.4. The van der Waals surface area contributed by atoms with Crippen LogP contribution in [0.4, 0.5) is 47.7 Å². The van der Waals surface area contributed by atoms with Crippen molar-refractivity contribution in [2.45, 2.75) is 76.0 Å². The summed E-state index contributed by atoms with van der Waals surface area (Å²) in [5.41, 5.74) is 4.37. The highest BCUT2D eigenvalue weighted by Gasteiger charge is 2.41. The lowest BCUT2D eigenvalue weighted by Crippen LogP contribution is -2.57. The average molecular weight is 1060 g/mol. The van der Waals surface area contributed by atoms with Crippen LogP contribution in [0.15, 0.2) is 71.3 Å². The number of carbonyl (C=O) groups is 3. The summed E-state index contributed by atoms with van der Waals surface area (Å²) in [5.74, 6) is 0.763. The Hall–Kier alpha value is -5.78. The number of piperazine rings is 1. The van der Waals surface area contributed by atoms with E-state index in [9.17, 15) is 32.1 Å². The molecule has 71 heavy (non-hydrogen) atoms. The van der Waals surface area contributed by atoms with Gasteiger partial charge in [-0.05, 0) is 121 Å². The number of aromatic nitrogens is 3. The number of nitrogens with one attached hydrogen (secondary N) is 3. The number of methoxy groups -OCH3 is 1. The number of nitrogens with zero attached hydrogens (tertiary/aromatic N) is 7. The largest absolute Gasteiger partial charge is 0.494 e. The fourth-order valence-electron chi connectivity index (χ4n) is 10.6. The maximum atomic E-state index is 13.6. The van der Waals surface area contributed by atoms with E-state index < -0.39 is 19.0 Å². The van der Waals surface area contributed by atoms with E-state index in [1.54, 1.807) is 32.7 Å². The number of amides is 3. The van der Waals surface area contributed by atoms with Crippen molar-refractivity contribution in [1.29, 1.82) is 0 Å². The minimum atomic E-state index is -4.62. The molecule has 2 aromatic heterocycles. The molecule has 15 nitrogen and oxygen atoms in total. The molecule has 3 amide bonds. The lowest BCUT2D eigenvalue weighted by Gasteiger charge is -2.46. The van der Waals surface area contributed by atoms with E-state index in [1.165, 1.54) is 12.1 Å². The van der Waals surface area contributed by atoms with Crippen LogP contribution in [0, 0.1) is 5.92 Å². The van der Waals surface area contributed by atoms with Crippen LogP contribution < -0.4 is 35.8 Å². The predicted molar refractivity (Wildman–Crippen MR) is 274 cm³/mol. The zero-order chi connectivity index (χ0) is 50.4. The van der Waals surface area contributed by atoms with Crippen molar-refractivity contribution in [2.75, 3.05) is 87.2 Å². The number of hydrogen-bond acceptors (Lipinski definition) is 13. The van der Waals surface area contributed by atoms with Gasteiger partial charge in [-0.2, -0.15) is 18.2 Å². The minimum absolute atomic E-state index is 0.0288. The van der Waals surface area contributed by atoms with Crippen LogP contribution in [0.25, 0.3) is 10.9 Å². The van der Waals surface area contributed by atoms with Gasteiger partial charge in [0.2, 0.25) is 23.7 Å². The summed E-state index contributed by atoms with van der Waals surface area (Å²) in [6.45, 7) is 10.2. The third kappa shape index (κ3) is 10.7. The molecular weight excluding hydrogens is 1000 g/mol. The maximum absolute atomic E-state index is 13.6. The van der Waals surface area contributed by atoms with E-state index in [2.05, 4.69) is 87.6 Å². The number of hydrogen-bond donors (Lipinski definition) is 3. The van der Waals surface area contributed by atoms with Crippen molar-refractivity contribution >= 4 is 91.5 Å². The number of alkyl halides is 3. The molecule has 3 aromatic carbocycles. The molecule has 1 aliphatic carbocycles. The zero-order valence-electron chi connectivity index (χ0n) is 40.5. The summed E-state index contributed by atoms with van der Waals surface area (Å²) in [5, 5.41) is 9.72. The smallest absolute Gasteiger partial charge is 0.433 e. The Kier molecular flexibility index (Phi) is 14.4. The van der Waals surface area contributed by atoms with Crippen molar-refractivity contribution < 1.29 is 36.9 Å². The van der Waals surface area contributed by atoms with Crippen molar-refractivity contribution in [2.24, 2.45) is 5.92 Å². The van der Waals surface area contributed by atoms with E-state index in [4.69, 9.17) is 9.72 Å². The molecule has 5 aromatic rings. The standard InChI is InChI=1S/C51H59BrF3N10O5P/c1-6-30-27-41(59-50-56-29-38(52)47(61-50)58-40-14-13-39-37(46(40)71(4,5)69)11-15-44(57-39)51(53,54)55)43(70-3)28-42(30)64-19-17-34(18-20-64)63-21-23-65(24-22-63)49(68)32-25-35(26-32)62(2)33-9-7-31(8-10-33)36-12-16-45(66)60-48(36)67/h7-11,13-15,27-29,32,34-36H,6,12,16-26H2,1-5H3,(H,60,66,67)(H2,56,58,59,61)/t32-,35-,36?. The van der Waals surface area contributed by atoms with Crippen LogP contribution in [-0.2, 0) is 31.5 Å². The Bertz CT molecular complexity index is 2880. The zero-order valence-corrected chi connectivity index (χ0v) is 43.0. The number of piperidine rings is 2. The van der Waals surface area contributed by atoms with E-state index in [1.807, 2.05) is 24.3 Å². The number of rotatable bonds is 13.